The van der Waals surface area contributed by atoms with Crippen LogP contribution in [-0.2, 0) is 0 Å². The number of rotatable bonds is 2. The number of piperidine rings is 1. The number of hydrogen-bond donors (Lipinski definition) is 1. The van der Waals surface area contributed by atoms with Gasteiger partial charge in [-0.2, -0.15) is 0 Å². The molecule has 0 aliphatic carbocycles. The molecule has 6 heteroatoms. The fourth-order valence-electron chi connectivity index (χ4n) is 4.55. The van der Waals surface area contributed by atoms with Crippen LogP contribution in [0.2, 0.25) is 0 Å². The predicted octanol–water partition coefficient (Wildman–Crippen LogP) is 2.68. The van der Waals surface area contributed by atoms with E-state index in [1.165, 1.54) is 19.3 Å². The molecule has 2 aliphatic rings. The van der Waals surface area contributed by atoms with E-state index in [4.69, 9.17) is 10.1 Å². The second-order valence-corrected chi connectivity index (χ2v) is 7.70. The smallest absolute Gasteiger partial charge is 0.154 e. The lowest BCUT2D eigenvalue weighted by atomic mass is 9.80. The molecule has 0 unspecified atom stereocenters. The summed E-state index contributed by atoms with van der Waals surface area (Å²) in [5.74, 6) is 1.05. The maximum Gasteiger partial charge on any atom is 0.154 e. The summed E-state index contributed by atoms with van der Waals surface area (Å²) in [5, 5.41) is 8.56. The zero-order chi connectivity index (χ0) is 17.6. The lowest BCUT2D eigenvalue weighted by Crippen LogP contribution is -2.42. The SMILES string of the molecule is Cc1nc2ccc(N3CC[C@@]4(CCCNC4)C3)nn2c1-c1ccncc1. The Hall–Kier alpha value is -2.47. The van der Waals surface area contributed by atoms with Gasteiger partial charge in [0, 0.05) is 43.0 Å². The normalized spacial score (nSPS) is 23.2. The van der Waals surface area contributed by atoms with Crippen molar-refractivity contribution in [2.45, 2.75) is 26.2 Å². The van der Waals surface area contributed by atoms with E-state index in [2.05, 4.69) is 27.3 Å². The van der Waals surface area contributed by atoms with E-state index in [1.54, 1.807) is 0 Å². The first-order valence-corrected chi connectivity index (χ1v) is 9.47. The molecule has 134 valence electrons. The fourth-order valence-corrected chi connectivity index (χ4v) is 4.55. The third-order valence-corrected chi connectivity index (χ3v) is 5.91. The van der Waals surface area contributed by atoms with Gasteiger partial charge >= 0.3 is 0 Å². The van der Waals surface area contributed by atoms with Gasteiger partial charge in [-0.1, -0.05) is 0 Å². The molecule has 0 bridgehead atoms. The van der Waals surface area contributed by atoms with Crippen LogP contribution in [0.15, 0.2) is 36.7 Å². The average molecular weight is 348 g/mol. The Balaban J connectivity index is 1.52. The minimum absolute atomic E-state index is 0.424. The lowest BCUT2D eigenvalue weighted by molar-refractivity contribution is 0.239. The highest BCUT2D eigenvalue weighted by Gasteiger charge is 2.39. The van der Waals surface area contributed by atoms with Crippen LogP contribution in [0.4, 0.5) is 5.82 Å². The van der Waals surface area contributed by atoms with Crippen molar-refractivity contribution >= 4 is 11.5 Å². The van der Waals surface area contributed by atoms with Crippen LogP contribution in [0.3, 0.4) is 0 Å². The number of imidazole rings is 1. The van der Waals surface area contributed by atoms with Gasteiger partial charge in [-0.3, -0.25) is 4.98 Å². The van der Waals surface area contributed by atoms with Crippen molar-refractivity contribution in [3.63, 3.8) is 0 Å². The number of anilines is 1. The molecule has 3 aromatic rings. The van der Waals surface area contributed by atoms with Gasteiger partial charge in [0.15, 0.2) is 5.65 Å². The number of aromatic nitrogens is 4. The second-order valence-electron chi connectivity index (χ2n) is 7.70. The van der Waals surface area contributed by atoms with Gasteiger partial charge in [-0.05, 0) is 57.0 Å². The first-order chi connectivity index (χ1) is 12.7. The van der Waals surface area contributed by atoms with Gasteiger partial charge in [-0.25, -0.2) is 9.50 Å². The molecular weight excluding hydrogens is 324 g/mol. The Morgan fingerprint density at radius 1 is 1.12 bits per heavy atom. The van der Waals surface area contributed by atoms with Crippen molar-refractivity contribution in [1.82, 2.24) is 24.9 Å². The summed E-state index contributed by atoms with van der Waals surface area (Å²) >= 11 is 0. The standard InChI is InChI=1S/C20H24N6/c1-15-19(16-5-10-21-11-6-16)26-17(23-15)3-4-18(24-26)25-12-8-20(14-25)7-2-9-22-13-20/h3-6,10-11,22H,2,7-9,12-14H2,1H3/t20-/m1/s1. The minimum atomic E-state index is 0.424. The van der Waals surface area contributed by atoms with Gasteiger partial charge < -0.3 is 10.2 Å². The van der Waals surface area contributed by atoms with E-state index < -0.39 is 0 Å². The molecule has 5 heterocycles. The van der Waals surface area contributed by atoms with Crippen molar-refractivity contribution < 1.29 is 0 Å². The summed E-state index contributed by atoms with van der Waals surface area (Å²) < 4.78 is 1.99. The van der Waals surface area contributed by atoms with Gasteiger partial charge in [-0.15, -0.1) is 5.10 Å². The molecule has 5 rings (SSSR count). The van der Waals surface area contributed by atoms with E-state index in [9.17, 15) is 0 Å². The van der Waals surface area contributed by atoms with E-state index in [0.29, 0.717) is 5.41 Å². The van der Waals surface area contributed by atoms with E-state index in [0.717, 1.165) is 54.6 Å². The molecule has 2 aliphatic heterocycles. The molecule has 0 aromatic carbocycles. The lowest BCUT2D eigenvalue weighted by Gasteiger charge is -2.33. The summed E-state index contributed by atoms with van der Waals surface area (Å²) in [7, 11) is 0. The molecule has 26 heavy (non-hydrogen) atoms. The van der Waals surface area contributed by atoms with E-state index in [1.807, 2.05) is 36.0 Å². The quantitative estimate of drug-likeness (QED) is 0.772. The number of aryl methyl sites for hydroxylation is 1. The molecule has 6 nitrogen and oxygen atoms in total. The van der Waals surface area contributed by atoms with Crippen molar-refractivity contribution in [3.05, 3.63) is 42.4 Å². The molecule has 2 fully saturated rings. The third-order valence-electron chi connectivity index (χ3n) is 5.91. The second kappa shape index (κ2) is 6.06. The first kappa shape index (κ1) is 15.8. The molecule has 3 aromatic heterocycles. The van der Waals surface area contributed by atoms with Crippen molar-refractivity contribution in [2.75, 3.05) is 31.1 Å². The molecule has 0 radical (unpaired) electrons. The van der Waals surface area contributed by atoms with E-state index >= 15 is 0 Å². The highest BCUT2D eigenvalue weighted by Crippen LogP contribution is 2.38. The van der Waals surface area contributed by atoms with Crippen LogP contribution in [-0.4, -0.2) is 45.8 Å². The van der Waals surface area contributed by atoms with Crippen molar-refractivity contribution in [3.8, 4) is 11.3 Å². The first-order valence-electron chi connectivity index (χ1n) is 9.47. The number of nitrogens with one attached hydrogen (secondary N) is 1. The molecule has 0 saturated carbocycles. The summed E-state index contributed by atoms with van der Waals surface area (Å²) in [4.78, 5) is 11.3. The Morgan fingerprint density at radius 2 is 2.00 bits per heavy atom. The average Bonchev–Trinajstić information content (AvgIpc) is 3.23. The zero-order valence-electron chi connectivity index (χ0n) is 15.1. The Kier molecular flexibility index (Phi) is 3.67. The molecular formula is C20H24N6. The highest BCUT2D eigenvalue weighted by molar-refractivity contribution is 5.66. The molecule has 1 atom stereocenters. The van der Waals surface area contributed by atoms with Gasteiger partial charge in [0.1, 0.15) is 5.82 Å². The van der Waals surface area contributed by atoms with Crippen LogP contribution < -0.4 is 10.2 Å². The Bertz CT molecular complexity index is 926. The van der Waals surface area contributed by atoms with Gasteiger partial charge in [0.05, 0.1) is 11.4 Å². The third kappa shape index (κ3) is 2.56. The zero-order valence-corrected chi connectivity index (χ0v) is 15.1. The van der Waals surface area contributed by atoms with Crippen LogP contribution in [0.1, 0.15) is 25.0 Å². The monoisotopic (exact) mass is 348 g/mol. The van der Waals surface area contributed by atoms with Crippen LogP contribution in [0.5, 0.6) is 0 Å². The van der Waals surface area contributed by atoms with E-state index in [-0.39, 0.29) is 0 Å². The molecule has 1 spiro atoms. The summed E-state index contributed by atoms with van der Waals surface area (Å²) in [6, 6.07) is 8.24. The number of nitrogens with zero attached hydrogens (tertiary/aromatic N) is 5. The summed E-state index contributed by atoms with van der Waals surface area (Å²) in [5.41, 5.74) is 4.47. The maximum atomic E-state index is 4.97. The maximum absolute atomic E-state index is 4.97. The van der Waals surface area contributed by atoms with Crippen LogP contribution in [0, 0.1) is 12.3 Å². The largest absolute Gasteiger partial charge is 0.355 e. The number of fused-ring (bicyclic) bond motifs is 1. The fraction of sp³-hybridized carbons (Fsp3) is 0.450. The predicted molar refractivity (Wildman–Crippen MR) is 102 cm³/mol. The van der Waals surface area contributed by atoms with Crippen LogP contribution in [0.25, 0.3) is 16.9 Å². The number of pyridine rings is 1. The Labute approximate surface area is 153 Å². The molecule has 2 saturated heterocycles. The highest BCUT2D eigenvalue weighted by atomic mass is 15.3. The molecule has 1 N–H and O–H groups in total. The summed E-state index contributed by atoms with van der Waals surface area (Å²) in [6.07, 6.45) is 7.49. The minimum Gasteiger partial charge on any atom is -0.355 e. The Morgan fingerprint density at radius 3 is 2.81 bits per heavy atom. The van der Waals surface area contributed by atoms with Crippen LogP contribution >= 0.6 is 0 Å². The van der Waals surface area contributed by atoms with Crippen molar-refractivity contribution in [2.24, 2.45) is 5.41 Å². The van der Waals surface area contributed by atoms with Gasteiger partial charge in [0.25, 0.3) is 0 Å². The molecule has 0 amide bonds. The topological polar surface area (TPSA) is 58.4 Å². The van der Waals surface area contributed by atoms with Crippen molar-refractivity contribution in [1.29, 1.82) is 0 Å². The summed E-state index contributed by atoms with van der Waals surface area (Å²) in [6.45, 7) is 6.52. The number of hydrogen-bond acceptors (Lipinski definition) is 5. The van der Waals surface area contributed by atoms with Gasteiger partial charge in [0.2, 0.25) is 0 Å².